The van der Waals surface area contributed by atoms with Crippen molar-refractivity contribution in [3.05, 3.63) is 52.2 Å². The molecule has 0 aliphatic rings. The van der Waals surface area contributed by atoms with Crippen LogP contribution in [-0.2, 0) is 6.54 Å². The van der Waals surface area contributed by atoms with Crippen LogP contribution in [0.1, 0.15) is 20.6 Å². The summed E-state index contributed by atoms with van der Waals surface area (Å²) in [6.45, 7) is 0.260. The third kappa shape index (κ3) is 3.53. The van der Waals surface area contributed by atoms with Crippen LogP contribution in [0, 0.1) is 17.1 Å². The summed E-state index contributed by atoms with van der Waals surface area (Å²) in [5.41, 5.74) is 0.461. The number of amides is 1. The second-order valence-electron chi connectivity index (χ2n) is 4.34. The number of nitriles is 1. The number of aromatic nitrogens is 5. The van der Waals surface area contributed by atoms with Crippen LogP contribution in [0.2, 0.25) is 0 Å². The van der Waals surface area contributed by atoms with Crippen LogP contribution in [0.4, 0.5) is 10.1 Å². The predicted octanol–water partition coefficient (Wildman–Crippen LogP) is 1.44. The van der Waals surface area contributed by atoms with Crippen molar-refractivity contribution in [1.82, 2.24) is 25.0 Å². The summed E-state index contributed by atoms with van der Waals surface area (Å²) >= 11 is 1.10. The number of hydrogen-bond donors (Lipinski definition) is 1. The van der Waals surface area contributed by atoms with E-state index in [9.17, 15) is 9.18 Å². The molecule has 0 saturated carbocycles. The zero-order chi connectivity index (χ0) is 16.2. The minimum Gasteiger partial charge on any atom is -0.320 e. The fourth-order valence-corrected chi connectivity index (χ4v) is 2.41. The molecule has 0 saturated heterocycles. The number of nitrogens with zero attached hydrogens (tertiary/aromatic N) is 6. The molecule has 0 bridgehead atoms. The number of carbonyl (C=O) groups is 1. The fourth-order valence-electron chi connectivity index (χ4n) is 1.69. The van der Waals surface area contributed by atoms with Crippen molar-refractivity contribution in [2.24, 2.45) is 0 Å². The molecule has 8 nitrogen and oxygen atoms in total. The third-order valence-electron chi connectivity index (χ3n) is 2.70. The summed E-state index contributed by atoms with van der Waals surface area (Å²) in [4.78, 5) is 15.8. The van der Waals surface area contributed by atoms with Crippen molar-refractivity contribution in [1.29, 1.82) is 5.26 Å². The van der Waals surface area contributed by atoms with E-state index < -0.39 is 5.91 Å². The number of hydrogen-bond acceptors (Lipinski definition) is 7. The maximum Gasteiger partial charge on any atom is 0.286 e. The maximum atomic E-state index is 12.8. The van der Waals surface area contributed by atoms with Gasteiger partial charge in [-0.3, -0.25) is 4.79 Å². The Labute approximate surface area is 133 Å². The smallest absolute Gasteiger partial charge is 0.286 e. The Kier molecular flexibility index (Phi) is 4.03. The SMILES string of the molecule is N#Cc1ncn(Cc2nnc(C(=O)Nc3ccc(F)cc3)s2)n1. The summed E-state index contributed by atoms with van der Waals surface area (Å²) in [6, 6.07) is 7.22. The number of anilines is 1. The Morgan fingerprint density at radius 3 is 2.83 bits per heavy atom. The van der Waals surface area contributed by atoms with Crippen molar-refractivity contribution in [3.63, 3.8) is 0 Å². The molecule has 0 aliphatic heterocycles. The molecule has 0 radical (unpaired) electrons. The molecule has 3 aromatic rings. The van der Waals surface area contributed by atoms with Gasteiger partial charge in [0.1, 0.15) is 23.2 Å². The molecule has 23 heavy (non-hydrogen) atoms. The standard InChI is InChI=1S/C13H8FN7OS/c14-8-1-3-9(4-2-8)17-12(22)13-19-18-11(23-13)6-21-7-16-10(5-15)20-21/h1-4,7H,6H2,(H,17,22). The largest absolute Gasteiger partial charge is 0.320 e. The van der Waals surface area contributed by atoms with Gasteiger partial charge in [-0.2, -0.15) is 5.26 Å². The first kappa shape index (κ1) is 14.7. The predicted molar refractivity (Wildman–Crippen MR) is 78.1 cm³/mol. The molecule has 0 fully saturated rings. The van der Waals surface area contributed by atoms with Crippen LogP contribution in [0.15, 0.2) is 30.6 Å². The quantitative estimate of drug-likeness (QED) is 0.775. The minimum atomic E-state index is -0.434. The molecule has 0 atom stereocenters. The lowest BCUT2D eigenvalue weighted by molar-refractivity contribution is 0.102. The number of benzene rings is 1. The van der Waals surface area contributed by atoms with Crippen molar-refractivity contribution in [3.8, 4) is 6.07 Å². The Hall–Kier alpha value is -3.19. The number of halogens is 1. The molecular weight excluding hydrogens is 321 g/mol. The van der Waals surface area contributed by atoms with Gasteiger partial charge >= 0.3 is 0 Å². The number of nitrogens with one attached hydrogen (secondary N) is 1. The van der Waals surface area contributed by atoms with Gasteiger partial charge in [0.25, 0.3) is 11.7 Å². The molecule has 10 heteroatoms. The van der Waals surface area contributed by atoms with Gasteiger partial charge in [-0.25, -0.2) is 14.1 Å². The van der Waals surface area contributed by atoms with Crippen molar-refractivity contribution >= 4 is 22.9 Å². The first-order chi connectivity index (χ1) is 11.1. The molecule has 3 rings (SSSR count). The van der Waals surface area contributed by atoms with Gasteiger partial charge < -0.3 is 5.32 Å². The van der Waals surface area contributed by atoms with Gasteiger partial charge in [0.05, 0.1) is 6.54 Å². The van der Waals surface area contributed by atoms with Crippen LogP contribution in [0.25, 0.3) is 0 Å². The molecule has 2 aromatic heterocycles. The van der Waals surface area contributed by atoms with Gasteiger partial charge in [-0.1, -0.05) is 11.3 Å². The zero-order valence-corrected chi connectivity index (χ0v) is 12.3. The van der Waals surface area contributed by atoms with Gasteiger partial charge in [-0.15, -0.1) is 15.3 Å². The van der Waals surface area contributed by atoms with E-state index in [0.29, 0.717) is 10.7 Å². The zero-order valence-electron chi connectivity index (χ0n) is 11.5. The van der Waals surface area contributed by atoms with E-state index in [1.165, 1.54) is 35.3 Å². The lowest BCUT2D eigenvalue weighted by Crippen LogP contribution is -2.11. The Balaban J connectivity index is 1.67. The van der Waals surface area contributed by atoms with Crippen LogP contribution in [0.3, 0.4) is 0 Å². The summed E-state index contributed by atoms with van der Waals surface area (Å²) in [5, 5.41) is 23.6. The molecule has 0 spiro atoms. The summed E-state index contributed by atoms with van der Waals surface area (Å²) in [6.07, 6.45) is 1.40. The highest BCUT2D eigenvalue weighted by Gasteiger charge is 2.14. The van der Waals surface area contributed by atoms with E-state index in [-0.39, 0.29) is 23.2 Å². The maximum absolute atomic E-state index is 12.8. The highest BCUT2D eigenvalue weighted by molar-refractivity contribution is 7.13. The molecule has 114 valence electrons. The monoisotopic (exact) mass is 329 g/mol. The van der Waals surface area contributed by atoms with E-state index in [0.717, 1.165) is 11.3 Å². The first-order valence-electron chi connectivity index (χ1n) is 6.33. The van der Waals surface area contributed by atoms with Crippen LogP contribution in [-0.4, -0.2) is 30.9 Å². The molecule has 1 aromatic carbocycles. The summed E-state index contributed by atoms with van der Waals surface area (Å²) in [5.74, 6) is -0.758. The van der Waals surface area contributed by atoms with Crippen LogP contribution >= 0.6 is 11.3 Å². The Morgan fingerprint density at radius 2 is 2.13 bits per heavy atom. The number of carbonyl (C=O) groups excluding carboxylic acids is 1. The molecule has 0 aliphatic carbocycles. The van der Waals surface area contributed by atoms with E-state index in [4.69, 9.17) is 5.26 Å². The first-order valence-corrected chi connectivity index (χ1v) is 7.14. The fraction of sp³-hybridized carbons (Fsp3) is 0.0769. The Morgan fingerprint density at radius 1 is 1.35 bits per heavy atom. The Bertz CT molecular complexity index is 880. The number of rotatable bonds is 4. The lowest BCUT2D eigenvalue weighted by Gasteiger charge is -2.01. The second kappa shape index (κ2) is 6.29. The minimum absolute atomic E-state index is 0.0591. The molecule has 0 unspecified atom stereocenters. The second-order valence-corrected chi connectivity index (χ2v) is 5.40. The van der Waals surface area contributed by atoms with Crippen molar-refractivity contribution in [2.75, 3.05) is 5.32 Å². The summed E-state index contributed by atoms with van der Waals surface area (Å²) in [7, 11) is 0. The summed E-state index contributed by atoms with van der Waals surface area (Å²) < 4.78 is 14.2. The van der Waals surface area contributed by atoms with Crippen LogP contribution in [0.5, 0.6) is 0 Å². The van der Waals surface area contributed by atoms with Gasteiger partial charge in [0, 0.05) is 5.69 Å². The molecule has 1 N–H and O–H groups in total. The van der Waals surface area contributed by atoms with Crippen molar-refractivity contribution < 1.29 is 9.18 Å². The van der Waals surface area contributed by atoms with Crippen molar-refractivity contribution in [2.45, 2.75) is 6.54 Å². The highest BCUT2D eigenvalue weighted by Crippen LogP contribution is 2.14. The third-order valence-corrected chi connectivity index (χ3v) is 3.60. The molecule has 1 amide bonds. The normalized spacial score (nSPS) is 10.3. The van der Waals surface area contributed by atoms with E-state index >= 15 is 0 Å². The van der Waals surface area contributed by atoms with E-state index in [2.05, 4.69) is 25.6 Å². The molecular formula is C13H8FN7OS. The van der Waals surface area contributed by atoms with Gasteiger partial charge in [0.2, 0.25) is 5.01 Å². The average molecular weight is 329 g/mol. The average Bonchev–Trinajstić information content (AvgIpc) is 3.19. The van der Waals surface area contributed by atoms with Gasteiger partial charge in [-0.05, 0) is 24.3 Å². The van der Waals surface area contributed by atoms with Crippen LogP contribution < -0.4 is 5.32 Å². The van der Waals surface area contributed by atoms with E-state index in [1.807, 2.05) is 6.07 Å². The highest BCUT2D eigenvalue weighted by atomic mass is 32.1. The van der Waals surface area contributed by atoms with E-state index in [1.54, 1.807) is 0 Å². The lowest BCUT2D eigenvalue weighted by atomic mass is 10.3. The molecule has 2 heterocycles. The topological polar surface area (TPSA) is 109 Å². The van der Waals surface area contributed by atoms with Gasteiger partial charge in [0.15, 0.2) is 0 Å².